The molecule has 2 N–H and O–H groups in total. The summed E-state index contributed by atoms with van der Waals surface area (Å²) in [4.78, 5) is 12.2. The van der Waals surface area contributed by atoms with Crippen molar-refractivity contribution in [2.45, 2.75) is 12.5 Å². The van der Waals surface area contributed by atoms with Gasteiger partial charge in [0, 0.05) is 36.4 Å². The summed E-state index contributed by atoms with van der Waals surface area (Å²) in [7, 11) is 0. The summed E-state index contributed by atoms with van der Waals surface area (Å²) in [5.74, 6) is 0.673. The molecule has 1 aromatic carbocycles. The lowest BCUT2D eigenvalue weighted by atomic mass is 10.1. The van der Waals surface area contributed by atoms with Crippen molar-refractivity contribution >= 4 is 17.7 Å². The zero-order valence-corrected chi connectivity index (χ0v) is 12.7. The fraction of sp³-hybridized carbons (Fsp3) is 0.333. The Morgan fingerprint density at radius 1 is 1.43 bits per heavy atom. The molecule has 0 saturated carbocycles. The fourth-order valence-corrected chi connectivity index (χ4v) is 2.66. The average molecular weight is 305 g/mol. The van der Waals surface area contributed by atoms with E-state index in [9.17, 15) is 4.79 Å². The van der Waals surface area contributed by atoms with Crippen molar-refractivity contribution in [3.8, 4) is 5.69 Å². The number of amides is 1. The molecule has 0 saturated heterocycles. The van der Waals surface area contributed by atoms with E-state index in [1.165, 1.54) is 0 Å². The molecule has 1 atom stereocenters. The van der Waals surface area contributed by atoms with Gasteiger partial charge in [-0.25, -0.2) is 4.68 Å². The van der Waals surface area contributed by atoms with E-state index >= 15 is 0 Å². The number of nitrogens with zero attached hydrogens (tertiary/aromatic N) is 2. The number of carbonyl (C=O) groups excluding carboxylic acids is 1. The van der Waals surface area contributed by atoms with E-state index in [4.69, 9.17) is 5.11 Å². The summed E-state index contributed by atoms with van der Waals surface area (Å²) in [5.41, 5.74) is 1.52. The molecule has 0 aliphatic rings. The van der Waals surface area contributed by atoms with Crippen molar-refractivity contribution in [1.82, 2.24) is 15.1 Å². The summed E-state index contributed by atoms with van der Waals surface area (Å²) in [6.07, 6.45) is 6.11. The van der Waals surface area contributed by atoms with Crippen LogP contribution in [0.2, 0.25) is 0 Å². The van der Waals surface area contributed by atoms with E-state index in [0.717, 1.165) is 11.4 Å². The van der Waals surface area contributed by atoms with Gasteiger partial charge in [-0.1, -0.05) is 0 Å². The lowest BCUT2D eigenvalue weighted by molar-refractivity contribution is 0.0935. The van der Waals surface area contributed by atoms with Crippen LogP contribution in [-0.4, -0.2) is 45.5 Å². The molecule has 21 heavy (non-hydrogen) atoms. The van der Waals surface area contributed by atoms with E-state index in [-0.39, 0.29) is 18.6 Å². The highest BCUT2D eigenvalue weighted by Crippen LogP contribution is 2.10. The van der Waals surface area contributed by atoms with Gasteiger partial charge in [-0.05, 0) is 43.0 Å². The first kappa shape index (κ1) is 15.6. The van der Waals surface area contributed by atoms with E-state index in [0.29, 0.717) is 12.0 Å². The largest absolute Gasteiger partial charge is 0.396 e. The third-order valence-corrected chi connectivity index (χ3v) is 3.81. The number of nitrogens with one attached hydrogen (secondary N) is 1. The number of aromatic nitrogens is 2. The molecule has 0 aliphatic heterocycles. The molecule has 1 heterocycles. The van der Waals surface area contributed by atoms with Crippen LogP contribution in [0.25, 0.3) is 5.69 Å². The van der Waals surface area contributed by atoms with Gasteiger partial charge in [0.05, 0.1) is 5.69 Å². The lowest BCUT2D eigenvalue weighted by Gasteiger charge is -2.16. The molecule has 0 fully saturated rings. The predicted molar refractivity (Wildman–Crippen MR) is 84.9 cm³/mol. The van der Waals surface area contributed by atoms with Gasteiger partial charge >= 0.3 is 0 Å². The topological polar surface area (TPSA) is 67.2 Å². The highest BCUT2D eigenvalue weighted by molar-refractivity contribution is 7.98. The molecule has 1 amide bonds. The summed E-state index contributed by atoms with van der Waals surface area (Å²) in [6.45, 7) is 0.0732. The second-order valence-corrected chi connectivity index (χ2v) is 5.55. The Kier molecular flexibility index (Phi) is 5.83. The minimum absolute atomic E-state index is 0.0108. The maximum atomic E-state index is 12.2. The van der Waals surface area contributed by atoms with Crippen LogP contribution in [0.1, 0.15) is 16.8 Å². The van der Waals surface area contributed by atoms with Crippen LogP contribution >= 0.6 is 11.8 Å². The third kappa shape index (κ3) is 4.34. The fourth-order valence-electron chi connectivity index (χ4n) is 2.01. The van der Waals surface area contributed by atoms with Crippen LogP contribution in [0.15, 0.2) is 42.7 Å². The zero-order chi connectivity index (χ0) is 15.1. The van der Waals surface area contributed by atoms with E-state index in [1.54, 1.807) is 34.8 Å². The first-order chi connectivity index (χ1) is 10.2. The molecule has 112 valence electrons. The molecule has 6 heteroatoms. The number of hydrogen-bond donors (Lipinski definition) is 2. The number of benzene rings is 1. The number of thioether (sulfide) groups is 1. The molecule has 0 radical (unpaired) electrons. The monoisotopic (exact) mass is 305 g/mol. The predicted octanol–water partition coefficient (Wildman–Crippen LogP) is 1.72. The second kappa shape index (κ2) is 7.85. The maximum absolute atomic E-state index is 12.2. The molecule has 0 aliphatic carbocycles. The number of aliphatic hydroxyl groups is 1. The maximum Gasteiger partial charge on any atom is 0.251 e. The van der Waals surface area contributed by atoms with Crippen molar-refractivity contribution < 1.29 is 9.90 Å². The van der Waals surface area contributed by atoms with Gasteiger partial charge in [0.25, 0.3) is 5.91 Å². The van der Waals surface area contributed by atoms with Crippen LogP contribution in [-0.2, 0) is 0 Å². The number of aliphatic hydroxyl groups excluding tert-OH is 1. The molecule has 0 spiro atoms. The smallest absolute Gasteiger partial charge is 0.251 e. The molecule has 5 nitrogen and oxygen atoms in total. The van der Waals surface area contributed by atoms with Gasteiger partial charge in [-0.2, -0.15) is 16.9 Å². The summed E-state index contributed by atoms with van der Waals surface area (Å²) < 4.78 is 1.74. The highest BCUT2D eigenvalue weighted by Gasteiger charge is 2.13. The molecule has 1 unspecified atom stereocenters. The first-order valence-corrected chi connectivity index (χ1v) is 8.14. The lowest BCUT2D eigenvalue weighted by Crippen LogP contribution is -2.37. The molecule has 2 aromatic rings. The van der Waals surface area contributed by atoms with E-state index < -0.39 is 0 Å². The second-order valence-electron chi connectivity index (χ2n) is 4.64. The van der Waals surface area contributed by atoms with Gasteiger partial charge in [-0.15, -0.1) is 0 Å². The summed E-state index contributed by atoms with van der Waals surface area (Å²) >= 11 is 1.65. The Bertz CT molecular complexity index is 549. The first-order valence-electron chi connectivity index (χ1n) is 6.75. The van der Waals surface area contributed by atoms with E-state index in [1.807, 2.05) is 30.7 Å². The quantitative estimate of drug-likeness (QED) is 0.817. The zero-order valence-electron chi connectivity index (χ0n) is 11.9. The Balaban J connectivity index is 2.02. The van der Waals surface area contributed by atoms with Gasteiger partial charge in [0.15, 0.2) is 0 Å². The Morgan fingerprint density at radius 3 is 2.76 bits per heavy atom. The van der Waals surface area contributed by atoms with Crippen LogP contribution < -0.4 is 5.32 Å². The van der Waals surface area contributed by atoms with Crippen molar-refractivity contribution in [2.24, 2.45) is 0 Å². The van der Waals surface area contributed by atoms with Gasteiger partial charge in [-0.3, -0.25) is 4.79 Å². The Morgan fingerprint density at radius 2 is 2.19 bits per heavy atom. The van der Waals surface area contributed by atoms with Crippen molar-refractivity contribution in [1.29, 1.82) is 0 Å². The van der Waals surface area contributed by atoms with Crippen LogP contribution in [0.5, 0.6) is 0 Å². The van der Waals surface area contributed by atoms with Gasteiger partial charge in [0.2, 0.25) is 0 Å². The standard InChI is InChI=1S/C15H19N3O2S/c1-21-11-13(7-10-19)17-15(20)12-3-5-14(6-4-12)18-9-2-8-16-18/h2-6,8-9,13,19H,7,10-11H2,1H3,(H,17,20). The molecular weight excluding hydrogens is 286 g/mol. The molecular formula is C15H19N3O2S. The van der Waals surface area contributed by atoms with E-state index in [2.05, 4.69) is 10.4 Å². The van der Waals surface area contributed by atoms with Crippen LogP contribution in [0, 0.1) is 0 Å². The third-order valence-electron chi connectivity index (χ3n) is 3.08. The van der Waals surface area contributed by atoms with Crippen LogP contribution in [0.4, 0.5) is 0 Å². The minimum atomic E-state index is -0.116. The van der Waals surface area contributed by atoms with Crippen molar-refractivity contribution in [2.75, 3.05) is 18.6 Å². The summed E-state index contributed by atoms with van der Waals surface area (Å²) in [6, 6.07) is 9.11. The summed E-state index contributed by atoms with van der Waals surface area (Å²) in [5, 5.41) is 16.1. The Hall–Kier alpha value is -1.79. The van der Waals surface area contributed by atoms with Crippen molar-refractivity contribution in [3.05, 3.63) is 48.3 Å². The molecule has 0 bridgehead atoms. The average Bonchev–Trinajstić information content (AvgIpc) is 3.02. The Labute approximate surface area is 128 Å². The highest BCUT2D eigenvalue weighted by atomic mass is 32.2. The molecule has 2 rings (SSSR count). The number of hydrogen-bond acceptors (Lipinski definition) is 4. The van der Waals surface area contributed by atoms with Gasteiger partial charge in [0.1, 0.15) is 0 Å². The normalized spacial score (nSPS) is 12.1. The minimum Gasteiger partial charge on any atom is -0.396 e. The number of carbonyl (C=O) groups is 1. The SMILES string of the molecule is CSCC(CCO)NC(=O)c1ccc(-n2cccn2)cc1. The number of rotatable bonds is 7. The van der Waals surface area contributed by atoms with Gasteiger partial charge < -0.3 is 10.4 Å². The van der Waals surface area contributed by atoms with Crippen molar-refractivity contribution in [3.63, 3.8) is 0 Å². The van der Waals surface area contributed by atoms with Crippen LogP contribution in [0.3, 0.4) is 0 Å². The molecule has 1 aromatic heterocycles.